The second kappa shape index (κ2) is 35.1. The van der Waals surface area contributed by atoms with E-state index in [-0.39, 0.29) is 116 Å². The van der Waals surface area contributed by atoms with Crippen LogP contribution < -0.4 is 21.7 Å². The molecular weight excluding hydrogens is 1100 g/mol. The van der Waals surface area contributed by atoms with Gasteiger partial charge in [-0.25, -0.2) is 9.78 Å². The van der Waals surface area contributed by atoms with Crippen molar-refractivity contribution in [3.05, 3.63) is 75.9 Å². The summed E-state index contributed by atoms with van der Waals surface area (Å²) in [5.74, 6) is -5.52. The van der Waals surface area contributed by atoms with E-state index in [0.29, 0.717) is 54.9 Å². The Bertz CT molecular complexity index is 2640. The maximum atomic E-state index is 14.5. The van der Waals surface area contributed by atoms with Crippen LogP contribution in [0.3, 0.4) is 0 Å². The number of piperidine rings is 1. The summed E-state index contributed by atoms with van der Waals surface area (Å²) in [6, 6.07) is 4.83. The van der Waals surface area contributed by atoms with E-state index in [4.69, 9.17) is 10.5 Å². The molecule has 4 rings (SSSR count). The molecule has 1 saturated heterocycles. The van der Waals surface area contributed by atoms with Crippen LogP contribution in [0.4, 0.5) is 4.79 Å². The number of aromatic nitrogens is 1. The van der Waals surface area contributed by atoms with Crippen LogP contribution in [0.2, 0.25) is 0 Å². The lowest BCUT2D eigenvalue weighted by Gasteiger charge is -2.37. The molecule has 2 aliphatic rings. The molecular formula is C64H96N8O12S. The van der Waals surface area contributed by atoms with E-state index in [1.165, 1.54) is 18.5 Å². The molecule has 21 heteroatoms. The van der Waals surface area contributed by atoms with E-state index < -0.39 is 71.8 Å². The standard InChI is InChI=1S/C64H96N8O12S/c1-12-41(6)49(36-55(75)52-22-17-19-30-70(52)10)62(80)71(11)53(40(4)5)37-56(84-64(83)66-9)61-69-51(38-85-61)60(79)67-46(32-42(7)63(81)82)33-44-25-27-45(28-26-44)34-54(74)50(21-15-16-23-57(65)76)68-59(78)48(39(2)3)35-47(73)20-14-13-18-31-72-43(8)24-29-58(72)77/h24-29,38-42,46,48-50,52-53,56H,8,12-23,30-37H2,1-7,9-11H3,(H2,65,76)(H,66,83)(H,67,79)(H,68,78)(H,81,82)/t41-,42-,46+,48-,49-,50-,52+,53+,56+/m0/s1. The van der Waals surface area contributed by atoms with Crippen molar-refractivity contribution in [2.24, 2.45) is 41.2 Å². The fourth-order valence-electron chi connectivity index (χ4n) is 11.2. The first kappa shape index (κ1) is 70.9. The number of aliphatic carboxylic acids is 1. The number of ether oxygens (including phenoxy) is 1. The van der Waals surface area contributed by atoms with Crippen molar-refractivity contribution in [2.75, 3.05) is 34.2 Å². The number of primary amides is 1. The highest BCUT2D eigenvalue weighted by Gasteiger charge is 2.38. The molecule has 470 valence electrons. The second-order valence-corrected chi connectivity index (χ2v) is 25.1. The highest BCUT2D eigenvalue weighted by atomic mass is 32.1. The van der Waals surface area contributed by atoms with Crippen LogP contribution in [0.15, 0.2) is 54.1 Å². The van der Waals surface area contributed by atoms with Crippen molar-refractivity contribution in [3.63, 3.8) is 0 Å². The zero-order valence-electron chi connectivity index (χ0n) is 52.0. The quantitative estimate of drug-likeness (QED) is 0.0395. The van der Waals surface area contributed by atoms with Gasteiger partial charge in [0.05, 0.1) is 18.0 Å². The Balaban J connectivity index is 1.46. The number of unbranched alkanes of at least 4 members (excludes halogenated alkanes) is 3. The number of nitrogens with one attached hydrogen (secondary N) is 3. The average Bonchev–Trinajstić information content (AvgIpc) is 4.32. The summed E-state index contributed by atoms with van der Waals surface area (Å²) < 4.78 is 5.90. The SMILES string of the molecule is C=C1C=CC(=O)N1CCCCCC(=O)C[C@H](C(=O)N[C@@H](CCCCC(N)=O)C(=O)Cc1ccc(C[C@@H](C[C@H](C)C(=O)O)NC(=O)c2csc([C@@H](C[C@H](C(C)C)N(C)C(=O)[C@@H](CC(=O)[C@H]3CCCCN3C)[C@@H](C)CC)OC(=O)NC)n2)cc1)C(C)C. The van der Waals surface area contributed by atoms with Crippen molar-refractivity contribution in [1.82, 2.24) is 35.6 Å². The normalized spacial score (nSPS) is 17.3. The van der Waals surface area contributed by atoms with Gasteiger partial charge in [0.1, 0.15) is 16.5 Å². The monoisotopic (exact) mass is 1200 g/mol. The molecule has 2 aromatic rings. The molecule has 0 radical (unpaired) electrons. The van der Waals surface area contributed by atoms with Crippen molar-refractivity contribution in [1.29, 1.82) is 0 Å². The maximum absolute atomic E-state index is 14.5. The summed E-state index contributed by atoms with van der Waals surface area (Å²) in [5.41, 5.74) is 7.43. The Labute approximate surface area is 507 Å². The van der Waals surface area contributed by atoms with Gasteiger partial charge in [-0.1, -0.05) is 105 Å². The van der Waals surface area contributed by atoms with Gasteiger partial charge < -0.3 is 41.3 Å². The highest BCUT2D eigenvalue weighted by Crippen LogP contribution is 2.33. The Morgan fingerprint density at radius 1 is 0.871 bits per heavy atom. The van der Waals surface area contributed by atoms with Crippen LogP contribution in [0.1, 0.15) is 184 Å². The summed E-state index contributed by atoms with van der Waals surface area (Å²) in [6.45, 7) is 18.4. The van der Waals surface area contributed by atoms with Gasteiger partial charge in [-0.05, 0) is 99.9 Å². The van der Waals surface area contributed by atoms with Crippen LogP contribution in [0.25, 0.3) is 0 Å². The van der Waals surface area contributed by atoms with Gasteiger partial charge in [-0.2, -0.15) is 0 Å². The van der Waals surface area contributed by atoms with Crippen LogP contribution in [0, 0.1) is 35.5 Å². The molecule has 2 aliphatic heterocycles. The number of hydrogen-bond donors (Lipinski definition) is 5. The van der Waals surface area contributed by atoms with E-state index in [1.807, 2.05) is 48.6 Å². The van der Waals surface area contributed by atoms with Crippen molar-refractivity contribution < 1.29 is 57.8 Å². The smallest absolute Gasteiger partial charge is 0.407 e. The summed E-state index contributed by atoms with van der Waals surface area (Å²) in [5, 5.41) is 20.2. The fourth-order valence-corrected chi connectivity index (χ4v) is 12.1. The van der Waals surface area contributed by atoms with E-state index >= 15 is 0 Å². The molecule has 85 heavy (non-hydrogen) atoms. The van der Waals surface area contributed by atoms with E-state index in [9.17, 15) is 53.1 Å². The van der Waals surface area contributed by atoms with Gasteiger partial charge in [-0.15, -0.1) is 11.3 Å². The molecule has 1 aromatic heterocycles. The van der Waals surface area contributed by atoms with Crippen LogP contribution in [-0.4, -0.2) is 142 Å². The number of allylic oxidation sites excluding steroid dienone is 1. The zero-order valence-corrected chi connectivity index (χ0v) is 52.8. The van der Waals surface area contributed by atoms with E-state index in [2.05, 4.69) is 32.4 Å². The number of alkyl carbamates (subject to hydrolysis) is 1. The van der Waals surface area contributed by atoms with E-state index in [1.54, 1.807) is 54.1 Å². The number of hydrogen-bond acceptors (Lipinski definition) is 14. The molecule has 6 amide bonds. The number of carbonyl (C=O) groups is 10. The number of Topliss-reactive ketones (excluding diaryl/α,β-unsaturated/α-hetero) is 3. The number of likely N-dealkylation sites (tertiary alicyclic amines) is 1. The minimum atomic E-state index is -1.05. The Kier molecular flexibility index (Phi) is 29.3. The third-order valence-electron chi connectivity index (χ3n) is 16.9. The first-order valence-corrected chi connectivity index (χ1v) is 31.4. The number of carboxylic acids is 1. The summed E-state index contributed by atoms with van der Waals surface area (Å²) >= 11 is 1.11. The van der Waals surface area contributed by atoms with Gasteiger partial charge in [0.2, 0.25) is 17.7 Å². The van der Waals surface area contributed by atoms with Gasteiger partial charge in [0, 0.05) is 100 Å². The Hall–Kier alpha value is -6.61. The number of carboxylic acid groups (broad SMARTS) is 1. The fraction of sp³-hybridized carbons (Fsp3) is 0.641. The predicted molar refractivity (Wildman–Crippen MR) is 327 cm³/mol. The molecule has 20 nitrogen and oxygen atoms in total. The zero-order chi connectivity index (χ0) is 63.1. The summed E-state index contributed by atoms with van der Waals surface area (Å²) in [6.07, 6.45) is 8.95. The molecule has 1 aromatic carbocycles. The number of nitrogens with two attached hydrogens (primary N) is 1. The number of benzene rings is 1. The van der Waals surface area contributed by atoms with Gasteiger partial charge in [0.25, 0.3) is 11.8 Å². The molecule has 1 fully saturated rings. The van der Waals surface area contributed by atoms with Crippen molar-refractivity contribution >= 4 is 70.3 Å². The third kappa shape index (κ3) is 22.6. The lowest BCUT2D eigenvalue weighted by molar-refractivity contribution is -0.143. The number of thiazole rings is 1. The Morgan fingerprint density at radius 2 is 1.55 bits per heavy atom. The molecule has 6 N–H and O–H groups in total. The molecule has 0 spiro atoms. The van der Waals surface area contributed by atoms with Crippen molar-refractivity contribution in [3.8, 4) is 0 Å². The van der Waals surface area contributed by atoms with Gasteiger partial charge in [0.15, 0.2) is 17.7 Å². The molecule has 3 heterocycles. The Morgan fingerprint density at radius 3 is 2.15 bits per heavy atom. The minimum absolute atomic E-state index is 0.0100. The molecule has 0 aliphatic carbocycles. The number of likely N-dealkylation sites (N-methyl/N-ethyl adjacent to an activating group) is 1. The van der Waals surface area contributed by atoms with Crippen LogP contribution in [0.5, 0.6) is 0 Å². The van der Waals surface area contributed by atoms with Crippen molar-refractivity contribution in [2.45, 2.75) is 194 Å². The number of amides is 6. The number of carbonyl (C=O) groups excluding carboxylic acids is 9. The molecule has 0 unspecified atom stereocenters. The molecule has 0 saturated carbocycles. The number of nitrogens with zero attached hydrogens (tertiary/aromatic N) is 4. The molecule has 0 bridgehead atoms. The minimum Gasteiger partial charge on any atom is -0.481 e. The maximum Gasteiger partial charge on any atom is 0.407 e. The van der Waals surface area contributed by atoms with Crippen LogP contribution >= 0.6 is 11.3 Å². The first-order chi connectivity index (χ1) is 40.2. The van der Waals surface area contributed by atoms with Crippen LogP contribution in [-0.2, 0) is 55.9 Å². The summed E-state index contributed by atoms with van der Waals surface area (Å²) in [7, 11) is 5.11. The average molecular weight is 1200 g/mol. The third-order valence-corrected chi connectivity index (χ3v) is 17.8. The number of ketones is 3. The summed E-state index contributed by atoms with van der Waals surface area (Å²) in [4.78, 5) is 142. The second-order valence-electron chi connectivity index (χ2n) is 24.2. The largest absolute Gasteiger partial charge is 0.481 e. The predicted octanol–water partition coefficient (Wildman–Crippen LogP) is 8.32. The lowest BCUT2D eigenvalue weighted by atomic mass is 9.83. The lowest BCUT2D eigenvalue weighted by Crippen LogP contribution is -2.48. The van der Waals surface area contributed by atoms with Gasteiger partial charge >= 0.3 is 12.1 Å². The topological polar surface area (TPSA) is 285 Å². The highest BCUT2D eigenvalue weighted by molar-refractivity contribution is 7.09. The van der Waals surface area contributed by atoms with Gasteiger partial charge in [-0.3, -0.25) is 48.1 Å². The molecule has 9 atom stereocenters. The number of rotatable bonds is 38. The van der Waals surface area contributed by atoms with E-state index in [0.717, 1.165) is 49.1 Å². The first-order valence-electron chi connectivity index (χ1n) is 30.5.